The predicted molar refractivity (Wildman–Crippen MR) is 150 cm³/mol. The van der Waals surface area contributed by atoms with E-state index >= 15 is 0 Å². The van der Waals surface area contributed by atoms with Crippen LogP contribution in [-0.2, 0) is 0 Å². The Kier molecular flexibility index (Phi) is 6.44. The zero-order valence-electron chi connectivity index (χ0n) is 20.4. The third kappa shape index (κ3) is 5.40. The molecule has 0 fully saturated rings. The molecule has 0 unspecified atom stereocenters. The van der Waals surface area contributed by atoms with Crippen LogP contribution in [0.4, 0.5) is 23.0 Å². The van der Waals surface area contributed by atoms with Crippen molar-refractivity contribution in [2.24, 2.45) is 0 Å². The van der Waals surface area contributed by atoms with Crippen molar-refractivity contribution in [1.82, 2.24) is 19.9 Å². The summed E-state index contributed by atoms with van der Waals surface area (Å²) in [5.41, 5.74) is 8.02. The lowest BCUT2D eigenvalue weighted by atomic mass is 10.1. The van der Waals surface area contributed by atoms with Gasteiger partial charge in [-0.1, -0.05) is 43.8 Å². The minimum atomic E-state index is -1.45. The SMILES string of the molecule is C[Si](C)(C)C#Cc1cccc(Nc2nccc3c(Nc4ncccc4-c4ccncn4)cccc23)c1. The average Bonchev–Trinajstić information content (AvgIpc) is 2.89. The maximum absolute atomic E-state index is 4.63. The highest BCUT2D eigenvalue weighted by Gasteiger charge is 2.12. The minimum absolute atomic E-state index is 0.726. The number of fused-ring (bicyclic) bond motifs is 1. The first-order chi connectivity index (χ1) is 17.5. The molecule has 3 heterocycles. The van der Waals surface area contributed by atoms with Crippen LogP contribution in [0.5, 0.6) is 0 Å². The highest BCUT2D eigenvalue weighted by Crippen LogP contribution is 2.33. The van der Waals surface area contributed by atoms with Gasteiger partial charge in [-0.15, -0.1) is 5.54 Å². The summed E-state index contributed by atoms with van der Waals surface area (Å²) in [5.74, 6) is 4.84. The Balaban J connectivity index is 1.48. The zero-order valence-corrected chi connectivity index (χ0v) is 21.4. The first-order valence-electron chi connectivity index (χ1n) is 11.7. The number of rotatable bonds is 5. The molecule has 176 valence electrons. The van der Waals surface area contributed by atoms with Gasteiger partial charge in [0.05, 0.1) is 5.69 Å². The van der Waals surface area contributed by atoms with Crippen molar-refractivity contribution in [1.29, 1.82) is 0 Å². The van der Waals surface area contributed by atoms with Crippen LogP contribution < -0.4 is 10.6 Å². The van der Waals surface area contributed by atoms with E-state index in [0.29, 0.717) is 0 Å². The van der Waals surface area contributed by atoms with Crippen molar-refractivity contribution < 1.29 is 0 Å². The van der Waals surface area contributed by atoms with Gasteiger partial charge in [-0.25, -0.2) is 19.9 Å². The lowest BCUT2D eigenvalue weighted by Crippen LogP contribution is -2.16. The number of hydrogen-bond donors (Lipinski definition) is 2. The topological polar surface area (TPSA) is 75.6 Å². The van der Waals surface area contributed by atoms with Crippen molar-refractivity contribution in [3.63, 3.8) is 0 Å². The molecule has 0 aliphatic carbocycles. The molecule has 2 aromatic carbocycles. The largest absolute Gasteiger partial charge is 0.340 e. The van der Waals surface area contributed by atoms with Crippen LogP contribution in [0.2, 0.25) is 19.6 Å². The van der Waals surface area contributed by atoms with E-state index in [9.17, 15) is 0 Å². The number of hydrogen-bond acceptors (Lipinski definition) is 6. The Bertz CT molecular complexity index is 1580. The Morgan fingerprint density at radius 3 is 2.42 bits per heavy atom. The lowest BCUT2D eigenvalue weighted by molar-refractivity contribution is 1.17. The number of nitrogens with one attached hydrogen (secondary N) is 2. The molecule has 5 aromatic rings. The summed E-state index contributed by atoms with van der Waals surface area (Å²) in [4.78, 5) is 17.6. The molecule has 0 amide bonds. The van der Waals surface area contributed by atoms with Gasteiger partial charge in [-0.2, -0.15) is 0 Å². The molecule has 0 spiro atoms. The summed E-state index contributed by atoms with van der Waals surface area (Å²) in [6, 6.07) is 22.1. The van der Waals surface area contributed by atoms with Gasteiger partial charge in [0.25, 0.3) is 0 Å². The lowest BCUT2D eigenvalue weighted by Gasteiger charge is -2.14. The van der Waals surface area contributed by atoms with Crippen molar-refractivity contribution in [2.75, 3.05) is 10.6 Å². The van der Waals surface area contributed by atoms with Crippen molar-refractivity contribution >= 4 is 41.9 Å². The van der Waals surface area contributed by atoms with E-state index in [4.69, 9.17) is 0 Å². The summed E-state index contributed by atoms with van der Waals surface area (Å²) < 4.78 is 0. The second-order valence-corrected chi connectivity index (χ2v) is 14.1. The predicted octanol–water partition coefficient (Wildman–Crippen LogP) is 6.80. The van der Waals surface area contributed by atoms with Crippen molar-refractivity contribution in [2.45, 2.75) is 19.6 Å². The molecule has 3 aromatic heterocycles. The fraction of sp³-hybridized carbons (Fsp3) is 0.103. The standard InChI is InChI=1S/C29H26N6Si/c1-36(2,3)18-14-21-7-4-8-22(19-21)34-28-24-9-5-11-27(23(24)12-17-32-28)35-29-25(10-6-15-31-29)26-13-16-30-20-33-26/h4-13,15-17,19-20H,1-3H3,(H,31,35)(H,32,34). The molecule has 0 atom stereocenters. The van der Waals surface area contributed by atoms with E-state index in [1.165, 1.54) is 0 Å². The van der Waals surface area contributed by atoms with E-state index in [2.05, 4.69) is 73.8 Å². The quantitative estimate of drug-likeness (QED) is 0.210. The van der Waals surface area contributed by atoms with Gasteiger partial charge in [0.1, 0.15) is 26.0 Å². The molecule has 0 saturated heterocycles. The third-order valence-corrected chi connectivity index (χ3v) is 6.31. The summed E-state index contributed by atoms with van der Waals surface area (Å²) in [6.07, 6.45) is 6.85. The molecule has 5 rings (SSSR count). The monoisotopic (exact) mass is 486 g/mol. The highest BCUT2D eigenvalue weighted by atomic mass is 28.3. The van der Waals surface area contributed by atoms with Crippen LogP contribution in [-0.4, -0.2) is 28.0 Å². The first kappa shape index (κ1) is 23.2. The normalized spacial score (nSPS) is 11.0. The second kappa shape index (κ2) is 9.98. The van der Waals surface area contributed by atoms with Gasteiger partial charge < -0.3 is 10.6 Å². The van der Waals surface area contributed by atoms with E-state index in [-0.39, 0.29) is 0 Å². The fourth-order valence-corrected chi connectivity index (χ4v) is 4.30. The van der Waals surface area contributed by atoms with Gasteiger partial charge in [0, 0.05) is 51.9 Å². The number of aromatic nitrogens is 4. The third-order valence-electron chi connectivity index (χ3n) is 5.43. The first-order valence-corrected chi connectivity index (χ1v) is 15.2. The average molecular weight is 487 g/mol. The molecule has 2 N–H and O–H groups in total. The van der Waals surface area contributed by atoms with Gasteiger partial charge in [-0.05, 0) is 48.5 Å². The van der Waals surface area contributed by atoms with E-state index < -0.39 is 8.07 Å². The smallest absolute Gasteiger partial charge is 0.139 e. The number of nitrogens with zero attached hydrogens (tertiary/aromatic N) is 4. The van der Waals surface area contributed by atoms with Gasteiger partial charge in [-0.3, -0.25) is 0 Å². The van der Waals surface area contributed by atoms with Crippen LogP contribution in [0.15, 0.2) is 91.6 Å². The van der Waals surface area contributed by atoms with E-state index in [1.54, 1.807) is 18.7 Å². The highest BCUT2D eigenvalue weighted by molar-refractivity contribution is 6.83. The summed E-state index contributed by atoms with van der Waals surface area (Å²) in [6.45, 7) is 6.74. The van der Waals surface area contributed by atoms with E-state index in [0.717, 1.165) is 50.6 Å². The van der Waals surface area contributed by atoms with Crippen LogP contribution >= 0.6 is 0 Å². The molecule has 0 saturated carbocycles. The van der Waals surface area contributed by atoms with Crippen LogP contribution in [0.25, 0.3) is 22.0 Å². The maximum atomic E-state index is 4.63. The number of anilines is 4. The molecular formula is C29H26N6Si. The minimum Gasteiger partial charge on any atom is -0.340 e. The molecule has 0 radical (unpaired) electrons. The molecule has 0 aliphatic heterocycles. The Morgan fingerprint density at radius 2 is 1.58 bits per heavy atom. The maximum Gasteiger partial charge on any atom is 0.139 e. The summed E-state index contributed by atoms with van der Waals surface area (Å²) in [5, 5.41) is 9.02. The molecule has 0 aliphatic rings. The van der Waals surface area contributed by atoms with E-state index in [1.807, 2.05) is 60.8 Å². The Morgan fingerprint density at radius 1 is 0.722 bits per heavy atom. The number of pyridine rings is 2. The van der Waals surface area contributed by atoms with Crippen LogP contribution in [0.3, 0.4) is 0 Å². The van der Waals surface area contributed by atoms with Crippen LogP contribution in [0.1, 0.15) is 5.56 Å². The Labute approximate surface area is 211 Å². The second-order valence-electron chi connectivity index (χ2n) is 9.39. The fourth-order valence-electron chi connectivity index (χ4n) is 3.78. The van der Waals surface area contributed by atoms with Gasteiger partial charge >= 0.3 is 0 Å². The molecular weight excluding hydrogens is 460 g/mol. The van der Waals surface area contributed by atoms with Crippen LogP contribution in [0, 0.1) is 11.5 Å². The molecule has 36 heavy (non-hydrogen) atoms. The van der Waals surface area contributed by atoms with Crippen molar-refractivity contribution in [3.8, 4) is 22.7 Å². The summed E-state index contributed by atoms with van der Waals surface area (Å²) >= 11 is 0. The Hall–Kier alpha value is -4.54. The summed E-state index contributed by atoms with van der Waals surface area (Å²) in [7, 11) is -1.45. The number of benzene rings is 2. The molecule has 0 bridgehead atoms. The zero-order chi connectivity index (χ0) is 25.0. The van der Waals surface area contributed by atoms with Gasteiger partial charge in [0.15, 0.2) is 0 Å². The van der Waals surface area contributed by atoms with Gasteiger partial charge in [0.2, 0.25) is 0 Å². The molecule has 7 heteroatoms. The molecule has 6 nitrogen and oxygen atoms in total. The van der Waals surface area contributed by atoms with Crippen molar-refractivity contribution in [3.05, 3.63) is 97.2 Å².